The van der Waals surface area contributed by atoms with E-state index in [1.165, 1.54) is 0 Å². The van der Waals surface area contributed by atoms with Gasteiger partial charge in [0.1, 0.15) is 5.58 Å². The lowest BCUT2D eigenvalue weighted by molar-refractivity contribution is 0.0765. The molecule has 6 heteroatoms. The fourth-order valence-electron chi connectivity index (χ4n) is 2.94. The van der Waals surface area contributed by atoms with Crippen molar-refractivity contribution in [1.29, 1.82) is 0 Å². The van der Waals surface area contributed by atoms with Crippen LogP contribution in [0.2, 0.25) is 0 Å². The van der Waals surface area contributed by atoms with Gasteiger partial charge in [-0.05, 0) is 38.3 Å². The van der Waals surface area contributed by atoms with Crippen molar-refractivity contribution in [1.82, 2.24) is 15.0 Å². The molecule has 2 aromatic heterocycles. The standard InChI is InChI=1S/C19H21N3O3/c1-11-4-7-14-12(2)17(24-15(14)10-11)19(23)22(3)9-8-16-20-18(25-21-16)13-5-6-13/h4,7,10,13H,5-6,8-9H2,1-3H3. The first-order chi connectivity index (χ1) is 12.0. The third-order valence-electron chi connectivity index (χ3n) is 4.72. The molecule has 0 aliphatic heterocycles. The van der Waals surface area contributed by atoms with Crippen molar-refractivity contribution in [3.8, 4) is 0 Å². The minimum Gasteiger partial charge on any atom is -0.451 e. The molecule has 25 heavy (non-hydrogen) atoms. The fraction of sp³-hybridized carbons (Fsp3) is 0.421. The van der Waals surface area contributed by atoms with Gasteiger partial charge < -0.3 is 13.8 Å². The number of nitrogens with zero attached hydrogens (tertiary/aromatic N) is 3. The molecule has 1 aromatic carbocycles. The number of furan rings is 1. The highest BCUT2D eigenvalue weighted by Crippen LogP contribution is 2.38. The van der Waals surface area contributed by atoms with Crippen molar-refractivity contribution in [3.63, 3.8) is 0 Å². The fourth-order valence-corrected chi connectivity index (χ4v) is 2.94. The summed E-state index contributed by atoms with van der Waals surface area (Å²) >= 11 is 0. The Labute approximate surface area is 145 Å². The Kier molecular flexibility index (Phi) is 3.82. The van der Waals surface area contributed by atoms with Gasteiger partial charge in [0.2, 0.25) is 5.89 Å². The van der Waals surface area contributed by atoms with Crippen LogP contribution in [0.5, 0.6) is 0 Å². The van der Waals surface area contributed by atoms with Gasteiger partial charge in [-0.15, -0.1) is 0 Å². The maximum atomic E-state index is 12.7. The molecule has 0 bridgehead atoms. The lowest BCUT2D eigenvalue weighted by Gasteiger charge is -2.14. The second-order valence-corrected chi connectivity index (χ2v) is 6.86. The summed E-state index contributed by atoms with van der Waals surface area (Å²) in [5, 5.41) is 4.98. The Balaban J connectivity index is 1.46. The third kappa shape index (κ3) is 3.04. The Morgan fingerprint density at radius 2 is 2.12 bits per heavy atom. The van der Waals surface area contributed by atoms with E-state index in [0.29, 0.717) is 30.5 Å². The van der Waals surface area contributed by atoms with Crippen molar-refractivity contribution >= 4 is 16.9 Å². The number of carbonyl (C=O) groups is 1. The van der Waals surface area contributed by atoms with Crippen LogP contribution in [0.4, 0.5) is 0 Å². The van der Waals surface area contributed by atoms with Gasteiger partial charge in [-0.25, -0.2) is 0 Å². The van der Waals surface area contributed by atoms with Gasteiger partial charge in [0, 0.05) is 36.9 Å². The van der Waals surface area contributed by atoms with Crippen LogP contribution in [0.15, 0.2) is 27.1 Å². The lowest BCUT2D eigenvalue weighted by atomic mass is 10.1. The maximum absolute atomic E-state index is 12.7. The van der Waals surface area contributed by atoms with Gasteiger partial charge in [0.15, 0.2) is 11.6 Å². The molecule has 130 valence electrons. The summed E-state index contributed by atoms with van der Waals surface area (Å²) < 4.78 is 11.1. The van der Waals surface area contributed by atoms with E-state index in [0.717, 1.165) is 40.8 Å². The highest BCUT2D eigenvalue weighted by Gasteiger charge is 2.29. The molecular weight excluding hydrogens is 318 g/mol. The smallest absolute Gasteiger partial charge is 0.289 e. The second-order valence-electron chi connectivity index (χ2n) is 6.86. The monoisotopic (exact) mass is 339 g/mol. The minimum absolute atomic E-state index is 0.128. The summed E-state index contributed by atoms with van der Waals surface area (Å²) in [7, 11) is 1.77. The van der Waals surface area contributed by atoms with Gasteiger partial charge >= 0.3 is 0 Å². The molecule has 1 aliphatic rings. The number of aromatic nitrogens is 2. The first-order valence-electron chi connectivity index (χ1n) is 8.60. The number of benzene rings is 1. The molecule has 0 N–H and O–H groups in total. The van der Waals surface area contributed by atoms with Crippen molar-refractivity contribution < 1.29 is 13.7 Å². The van der Waals surface area contributed by atoms with Gasteiger partial charge in [-0.2, -0.15) is 4.98 Å². The van der Waals surface area contributed by atoms with Crippen molar-refractivity contribution in [3.05, 3.63) is 46.8 Å². The summed E-state index contributed by atoms with van der Waals surface area (Å²) in [6, 6.07) is 5.98. The zero-order valence-corrected chi connectivity index (χ0v) is 14.7. The van der Waals surface area contributed by atoms with Crippen LogP contribution in [0, 0.1) is 13.8 Å². The highest BCUT2D eigenvalue weighted by molar-refractivity contribution is 5.98. The Hall–Kier alpha value is -2.63. The summed E-state index contributed by atoms with van der Waals surface area (Å²) in [5.74, 6) is 2.10. The normalized spacial score (nSPS) is 14.2. The number of likely N-dealkylation sites (N-methyl/N-ethyl adjacent to an activating group) is 1. The predicted molar refractivity (Wildman–Crippen MR) is 92.6 cm³/mol. The van der Waals surface area contributed by atoms with Crippen LogP contribution in [-0.4, -0.2) is 34.5 Å². The van der Waals surface area contributed by atoms with Crippen LogP contribution in [0.1, 0.15) is 52.2 Å². The maximum Gasteiger partial charge on any atom is 0.289 e. The summed E-state index contributed by atoms with van der Waals surface area (Å²) in [5.41, 5.74) is 2.74. The number of rotatable bonds is 5. The second kappa shape index (κ2) is 6.02. The van der Waals surface area contributed by atoms with E-state index in [1.807, 2.05) is 32.0 Å². The number of carbonyl (C=O) groups excluding carboxylic acids is 1. The Morgan fingerprint density at radius 1 is 1.32 bits per heavy atom. The quantitative estimate of drug-likeness (QED) is 0.710. The highest BCUT2D eigenvalue weighted by atomic mass is 16.5. The molecule has 3 aromatic rings. The van der Waals surface area contributed by atoms with Crippen molar-refractivity contribution in [2.45, 2.75) is 39.0 Å². The number of fused-ring (bicyclic) bond motifs is 1. The average Bonchev–Trinajstić information content (AvgIpc) is 3.26. The Morgan fingerprint density at radius 3 is 2.88 bits per heavy atom. The van der Waals surface area contributed by atoms with E-state index < -0.39 is 0 Å². The topological polar surface area (TPSA) is 72.4 Å². The van der Waals surface area contributed by atoms with Crippen LogP contribution in [0.3, 0.4) is 0 Å². The van der Waals surface area contributed by atoms with Gasteiger partial charge in [-0.1, -0.05) is 17.3 Å². The largest absolute Gasteiger partial charge is 0.451 e. The Bertz CT molecular complexity index is 937. The average molecular weight is 339 g/mol. The van der Waals surface area contributed by atoms with E-state index in [4.69, 9.17) is 8.94 Å². The van der Waals surface area contributed by atoms with E-state index in [1.54, 1.807) is 11.9 Å². The molecule has 2 heterocycles. The SMILES string of the molecule is Cc1ccc2c(C)c(C(=O)N(C)CCc3noc(C4CC4)n3)oc2c1. The zero-order chi connectivity index (χ0) is 17.6. The molecule has 1 saturated carbocycles. The number of amides is 1. The van der Waals surface area contributed by atoms with Crippen LogP contribution < -0.4 is 0 Å². The first-order valence-corrected chi connectivity index (χ1v) is 8.60. The summed E-state index contributed by atoms with van der Waals surface area (Å²) in [4.78, 5) is 18.8. The predicted octanol–water partition coefficient (Wildman–Crippen LogP) is 3.62. The van der Waals surface area contributed by atoms with Crippen LogP contribution >= 0.6 is 0 Å². The summed E-state index contributed by atoms with van der Waals surface area (Å²) in [6.45, 7) is 4.44. The number of hydrogen-bond donors (Lipinski definition) is 0. The van der Waals surface area contributed by atoms with Gasteiger partial charge in [0.25, 0.3) is 5.91 Å². The molecule has 1 aliphatic carbocycles. The molecule has 0 spiro atoms. The minimum atomic E-state index is -0.128. The van der Waals surface area contributed by atoms with Crippen molar-refractivity contribution in [2.24, 2.45) is 0 Å². The molecule has 1 fully saturated rings. The van der Waals surface area contributed by atoms with Crippen molar-refractivity contribution in [2.75, 3.05) is 13.6 Å². The summed E-state index contributed by atoms with van der Waals surface area (Å²) in [6.07, 6.45) is 2.83. The molecule has 0 saturated heterocycles. The molecule has 0 unspecified atom stereocenters. The van der Waals surface area contributed by atoms with E-state index in [9.17, 15) is 4.79 Å². The lowest BCUT2D eigenvalue weighted by Crippen LogP contribution is -2.29. The molecule has 4 rings (SSSR count). The van der Waals surface area contributed by atoms with Crippen LogP contribution in [0.25, 0.3) is 11.0 Å². The van der Waals surface area contributed by atoms with Crippen LogP contribution in [-0.2, 0) is 6.42 Å². The molecule has 1 amide bonds. The van der Waals surface area contributed by atoms with E-state index in [-0.39, 0.29) is 5.91 Å². The number of hydrogen-bond acceptors (Lipinski definition) is 5. The van der Waals surface area contributed by atoms with E-state index in [2.05, 4.69) is 10.1 Å². The first kappa shape index (κ1) is 15.9. The molecule has 0 radical (unpaired) electrons. The molecule has 6 nitrogen and oxygen atoms in total. The molecule has 0 atom stereocenters. The zero-order valence-electron chi connectivity index (χ0n) is 14.7. The van der Waals surface area contributed by atoms with Gasteiger partial charge in [-0.3, -0.25) is 4.79 Å². The molecular formula is C19H21N3O3. The number of aryl methyl sites for hydroxylation is 2. The third-order valence-corrected chi connectivity index (χ3v) is 4.72. The van der Waals surface area contributed by atoms with Gasteiger partial charge in [0.05, 0.1) is 0 Å². The van der Waals surface area contributed by atoms with E-state index >= 15 is 0 Å².